The first-order valence-electron chi connectivity index (χ1n) is 8.67. The van der Waals surface area contributed by atoms with Gasteiger partial charge in [-0.15, -0.1) is 0 Å². The van der Waals surface area contributed by atoms with Crippen molar-refractivity contribution in [3.8, 4) is 5.75 Å². The molecule has 24 heavy (non-hydrogen) atoms. The number of halogens is 2. The Morgan fingerprint density at radius 3 is 2.58 bits per heavy atom. The molecule has 0 radical (unpaired) electrons. The van der Waals surface area contributed by atoms with E-state index in [1.54, 1.807) is 11.8 Å². The number of amides is 1. The molecule has 0 spiro atoms. The zero-order valence-corrected chi connectivity index (χ0v) is 13.9. The van der Waals surface area contributed by atoms with Gasteiger partial charge in [0, 0.05) is 25.2 Å². The molecule has 1 amide bonds. The number of nitrogens with zero attached hydrogens (tertiary/aromatic N) is 1. The van der Waals surface area contributed by atoms with E-state index in [0.717, 1.165) is 37.4 Å². The van der Waals surface area contributed by atoms with Crippen LogP contribution in [0.5, 0.6) is 5.75 Å². The summed E-state index contributed by atoms with van der Waals surface area (Å²) in [6.45, 7) is 4.13. The van der Waals surface area contributed by atoms with Crippen LogP contribution in [0.25, 0.3) is 0 Å². The molecule has 0 bridgehead atoms. The zero-order chi connectivity index (χ0) is 17.1. The highest BCUT2D eigenvalue weighted by Gasteiger charge is 2.28. The molecular formula is C18H24F2N2O2. The summed E-state index contributed by atoms with van der Waals surface area (Å²) in [5.74, 6) is -0.998. The molecule has 1 aliphatic carbocycles. The van der Waals surface area contributed by atoms with Crippen molar-refractivity contribution >= 4 is 5.91 Å². The second-order valence-electron chi connectivity index (χ2n) is 6.79. The highest BCUT2D eigenvalue weighted by Crippen LogP contribution is 2.28. The van der Waals surface area contributed by atoms with Crippen LogP contribution in [0.15, 0.2) is 18.2 Å². The van der Waals surface area contributed by atoms with Gasteiger partial charge in [-0.05, 0) is 57.2 Å². The van der Waals surface area contributed by atoms with E-state index in [0.29, 0.717) is 19.1 Å². The van der Waals surface area contributed by atoms with Gasteiger partial charge in [0.1, 0.15) is 5.75 Å². The summed E-state index contributed by atoms with van der Waals surface area (Å²) in [5, 5.41) is 3.58. The van der Waals surface area contributed by atoms with E-state index < -0.39 is 17.7 Å². The molecule has 1 heterocycles. The fraction of sp³-hybridized carbons (Fsp3) is 0.611. The van der Waals surface area contributed by atoms with Gasteiger partial charge in [0.05, 0.1) is 0 Å². The van der Waals surface area contributed by atoms with Crippen LogP contribution in [-0.4, -0.2) is 42.6 Å². The van der Waals surface area contributed by atoms with E-state index in [1.807, 2.05) is 0 Å². The van der Waals surface area contributed by atoms with Gasteiger partial charge in [0.15, 0.2) is 17.7 Å². The molecule has 1 aromatic rings. The van der Waals surface area contributed by atoms with E-state index in [4.69, 9.17) is 4.74 Å². The smallest absolute Gasteiger partial charge is 0.263 e. The first-order valence-corrected chi connectivity index (χ1v) is 8.67. The lowest BCUT2D eigenvalue weighted by Crippen LogP contribution is -2.48. The minimum absolute atomic E-state index is 0.111. The van der Waals surface area contributed by atoms with Crippen molar-refractivity contribution in [2.75, 3.05) is 19.6 Å². The maximum absolute atomic E-state index is 13.2. The normalized spacial score (nSPS) is 20.0. The van der Waals surface area contributed by atoms with Gasteiger partial charge in [-0.3, -0.25) is 4.79 Å². The van der Waals surface area contributed by atoms with E-state index in [9.17, 15) is 13.6 Å². The third-order valence-corrected chi connectivity index (χ3v) is 4.75. The lowest BCUT2D eigenvalue weighted by atomic mass is 10.0. The minimum Gasteiger partial charge on any atom is -0.481 e. The average Bonchev–Trinajstić information content (AvgIpc) is 3.40. The standard InChI is InChI=1S/C18H24F2N2O2/c1-12(24-15-4-5-16(19)17(20)10-15)18(23)22-8-6-14(7-9-22)21-11-13-2-3-13/h4-5,10,12-14,21H,2-3,6-9,11H2,1H3. The molecule has 1 unspecified atom stereocenters. The second-order valence-corrected chi connectivity index (χ2v) is 6.79. The molecular weight excluding hydrogens is 314 g/mol. The third-order valence-electron chi connectivity index (χ3n) is 4.75. The van der Waals surface area contributed by atoms with Crippen LogP contribution in [0.3, 0.4) is 0 Å². The molecule has 1 saturated carbocycles. The molecule has 6 heteroatoms. The highest BCUT2D eigenvalue weighted by molar-refractivity contribution is 5.81. The molecule has 1 aliphatic heterocycles. The van der Waals surface area contributed by atoms with Gasteiger partial charge in [0.25, 0.3) is 5.91 Å². The van der Waals surface area contributed by atoms with Gasteiger partial charge in [0.2, 0.25) is 0 Å². The maximum atomic E-state index is 13.2. The number of hydrogen-bond acceptors (Lipinski definition) is 3. The molecule has 3 rings (SSSR count). The van der Waals surface area contributed by atoms with Crippen molar-refractivity contribution in [1.82, 2.24) is 10.2 Å². The molecule has 4 nitrogen and oxygen atoms in total. The van der Waals surface area contributed by atoms with Crippen molar-refractivity contribution < 1.29 is 18.3 Å². The Balaban J connectivity index is 1.46. The number of ether oxygens (including phenoxy) is 1. The van der Waals surface area contributed by atoms with Crippen LogP contribution in [0.2, 0.25) is 0 Å². The van der Waals surface area contributed by atoms with Crippen LogP contribution in [0.4, 0.5) is 8.78 Å². The van der Waals surface area contributed by atoms with Crippen molar-refractivity contribution in [2.24, 2.45) is 5.92 Å². The third kappa shape index (κ3) is 4.44. The predicted molar refractivity (Wildman–Crippen MR) is 86.8 cm³/mol. The monoisotopic (exact) mass is 338 g/mol. The van der Waals surface area contributed by atoms with E-state index in [-0.39, 0.29) is 11.7 Å². The molecule has 0 aromatic heterocycles. The number of carbonyl (C=O) groups excluding carboxylic acids is 1. The Bertz CT molecular complexity index is 584. The van der Waals surface area contributed by atoms with Crippen molar-refractivity contribution in [2.45, 2.75) is 44.8 Å². The summed E-state index contributed by atoms with van der Waals surface area (Å²) in [4.78, 5) is 14.2. The Morgan fingerprint density at radius 1 is 1.25 bits per heavy atom. The first-order chi connectivity index (χ1) is 11.5. The largest absolute Gasteiger partial charge is 0.481 e. The number of carbonyl (C=O) groups is 1. The minimum atomic E-state index is -0.977. The molecule has 1 aromatic carbocycles. The second kappa shape index (κ2) is 7.47. The topological polar surface area (TPSA) is 41.6 Å². The van der Waals surface area contributed by atoms with Crippen LogP contribution in [-0.2, 0) is 4.79 Å². The summed E-state index contributed by atoms with van der Waals surface area (Å²) in [5.41, 5.74) is 0. The van der Waals surface area contributed by atoms with Gasteiger partial charge in [-0.2, -0.15) is 0 Å². The fourth-order valence-corrected chi connectivity index (χ4v) is 3.02. The maximum Gasteiger partial charge on any atom is 0.263 e. The number of nitrogens with one attached hydrogen (secondary N) is 1. The highest BCUT2D eigenvalue weighted by atomic mass is 19.2. The number of rotatable bonds is 6. The van der Waals surface area contributed by atoms with Crippen LogP contribution in [0.1, 0.15) is 32.6 Å². The van der Waals surface area contributed by atoms with Gasteiger partial charge < -0.3 is 15.0 Å². The molecule has 1 atom stereocenters. The lowest BCUT2D eigenvalue weighted by molar-refractivity contribution is -0.139. The Kier molecular flexibility index (Phi) is 5.33. The number of benzene rings is 1. The van der Waals surface area contributed by atoms with E-state index in [2.05, 4.69) is 5.32 Å². The summed E-state index contributed by atoms with van der Waals surface area (Å²) in [6, 6.07) is 3.78. The molecule has 2 aliphatic rings. The Morgan fingerprint density at radius 2 is 1.96 bits per heavy atom. The molecule has 2 fully saturated rings. The number of hydrogen-bond donors (Lipinski definition) is 1. The fourth-order valence-electron chi connectivity index (χ4n) is 3.02. The van der Waals surface area contributed by atoms with Crippen molar-refractivity contribution in [1.29, 1.82) is 0 Å². The molecule has 1 N–H and O–H groups in total. The lowest BCUT2D eigenvalue weighted by Gasteiger charge is -2.34. The summed E-state index contributed by atoms with van der Waals surface area (Å²) in [6.07, 6.45) is 3.84. The summed E-state index contributed by atoms with van der Waals surface area (Å²) < 4.78 is 31.6. The van der Waals surface area contributed by atoms with Crippen molar-refractivity contribution in [3.63, 3.8) is 0 Å². The van der Waals surface area contributed by atoms with E-state index >= 15 is 0 Å². The average molecular weight is 338 g/mol. The van der Waals surface area contributed by atoms with Crippen LogP contribution < -0.4 is 10.1 Å². The summed E-state index contributed by atoms with van der Waals surface area (Å²) >= 11 is 0. The summed E-state index contributed by atoms with van der Waals surface area (Å²) in [7, 11) is 0. The predicted octanol–water partition coefficient (Wildman–Crippen LogP) is 2.72. The van der Waals surface area contributed by atoms with Crippen LogP contribution >= 0.6 is 0 Å². The zero-order valence-electron chi connectivity index (χ0n) is 13.9. The SMILES string of the molecule is CC(Oc1ccc(F)c(F)c1)C(=O)N1CCC(NCC2CC2)CC1. The quantitative estimate of drug-likeness (QED) is 0.867. The Labute approximate surface area is 141 Å². The van der Waals surface area contributed by atoms with Gasteiger partial charge in [-0.25, -0.2) is 8.78 Å². The van der Waals surface area contributed by atoms with Crippen LogP contribution in [0, 0.1) is 17.6 Å². The number of likely N-dealkylation sites (tertiary alicyclic amines) is 1. The molecule has 132 valence electrons. The first kappa shape index (κ1) is 17.1. The van der Waals surface area contributed by atoms with Gasteiger partial charge >= 0.3 is 0 Å². The van der Waals surface area contributed by atoms with Crippen molar-refractivity contribution in [3.05, 3.63) is 29.8 Å². The van der Waals surface area contributed by atoms with E-state index in [1.165, 1.54) is 18.9 Å². The Hall–Kier alpha value is -1.69. The molecule has 1 saturated heterocycles. The van der Waals surface area contributed by atoms with Gasteiger partial charge in [-0.1, -0.05) is 0 Å². The number of piperidine rings is 1.